The van der Waals surface area contributed by atoms with E-state index in [2.05, 4.69) is 39.4 Å². The highest BCUT2D eigenvalue weighted by molar-refractivity contribution is 5.90. The van der Waals surface area contributed by atoms with Crippen molar-refractivity contribution in [1.82, 2.24) is 14.9 Å². The number of aromatic nitrogens is 2. The average Bonchev–Trinajstić information content (AvgIpc) is 3.05. The number of anilines is 2. The van der Waals surface area contributed by atoms with Crippen molar-refractivity contribution >= 4 is 22.7 Å². The number of hydrogen-bond acceptors (Lipinski definition) is 5. The van der Waals surface area contributed by atoms with E-state index >= 15 is 0 Å². The van der Waals surface area contributed by atoms with Gasteiger partial charge in [-0.2, -0.15) is 4.98 Å². The van der Waals surface area contributed by atoms with Crippen LogP contribution in [0.5, 0.6) is 0 Å². The normalized spacial score (nSPS) is 19.0. The van der Waals surface area contributed by atoms with Crippen LogP contribution in [0.15, 0.2) is 24.3 Å². The minimum absolute atomic E-state index is 0.782. The first-order chi connectivity index (χ1) is 12.9. The molecular weight excluding hydrogens is 322 g/mol. The summed E-state index contributed by atoms with van der Waals surface area (Å²) in [5.41, 5.74) is 1.05. The third-order valence-corrected chi connectivity index (χ3v) is 5.62. The number of hydrogen-bond donors (Lipinski definition) is 1. The van der Waals surface area contributed by atoms with Crippen LogP contribution in [0.2, 0.25) is 0 Å². The molecule has 2 saturated heterocycles. The molecule has 0 unspecified atom stereocenters. The monoisotopic (exact) mass is 353 g/mol. The standard InChI is InChI=1S/C21H31N5/c1-2-6-17-26(16-5-1)20-18-10-3-4-11-19(18)23-21(24-20)22-12-9-15-25-13-7-8-14-25/h3-4,10-11H,1-2,5-9,12-17H2,(H,22,23,24). The lowest BCUT2D eigenvalue weighted by molar-refractivity contribution is 0.337. The summed E-state index contributed by atoms with van der Waals surface area (Å²) in [4.78, 5) is 14.7. The van der Waals surface area contributed by atoms with Gasteiger partial charge in [0.2, 0.25) is 5.95 Å². The van der Waals surface area contributed by atoms with E-state index in [1.165, 1.54) is 63.5 Å². The van der Waals surface area contributed by atoms with E-state index in [1.807, 2.05) is 0 Å². The zero-order valence-electron chi connectivity index (χ0n) is 15.8. The van der Waals surface area contributed by atoms with Crippen LogP contribution >= 0.6 is 0 Å². The number of rotatable bonds is 6. The van der Waals surface area contributed by atoms with Crippen LogP contribution in [0.25, 0.3) is 10.9 Å². The van der Waals surface area contributed by atoms with Crippen molar-refractivity contribution in [3.63, 3.8) is 0 Å². The molecule has 5 nitrogen and oxygen atoms in total. The lowest BCUT2D eigenvalue weighted by atomic mass is 10.2. The maximum Gasteiger partial charge on any atom is 0.225 e. The van der Waals surface area contributed by atoms with Gasteiger partial charge in [0.15, 0.2) is 0 Å². The number of fused-ring (bicyclic) bond motifs is 1. The molecule has 2 aliphatic rings. The summed E-state index contributed by atoms with van der Waals surface area (Å²) in [5.74, 6) is 1.89. The molecule has 0 amide bonds. The molecular formula is C21H31N5. The largest absolute Gasteiger partial charge is 0.356 e. The smallest absolute Gasteiger partial charge is 0.225 e. The van der Waals surface area contributed by atoms with Crippen LogP contribution in [0, 0.1) is 0 Å². The first kappa shape index (κ1) is 17.5. The summed E-state index contributed by atoms with van der Waals surface area (Å²) in [5, 5.41) is 4.66. The van der Waals surface area contributed by atoms with Crippen LogP contribution in [0.3, 0.4) is 0 Å². The minimum atomic E-state index is 0.782. The summed E-state index contributed by atoms with van der Waals surface area (Å²) >= 11 is 0. The van der Waals surface area contributed by atoms with Gasteiger partial charge in [0, 0.05) is 25.0 Å². The summed E-state index contributed by atoms with van der Waals surface area (Å²) in [6.45, 7) is 6.87. The Kier molecular flexibility index (Phi) is 5.85. The Morgan fingerprint density at radius 2 is 1.58 bits per heavy atom. The molecule has 0 bridgehead atoms. The van der Waals surface area contributed by atoms with E-state index in [9.17, 15) is 0 Å². The molecule has 1 N–H and O–H groups in total. The molecule has 0 radical (unpaired) electrons. The van der Waals surface area contributed by atoms with Gasteiger partial charge in [-0.1, -0.05) is 25.0 Å². The molecule has 1 aromatic carbocycles. The van der Waals surface area contributed by atoms with Crippen molar-refractivity contribution in [3.05, 3.63) is 24.3 Å². The molecule has 2 aliphatic heterocycles. The van der Waals surface area contributed by atoms with Gasteiger partial charge in [0.25, 0.3) is 0 Å². The number of nitrogens with one attached hydrogen (secondary N) is 1. The van der Waals surface area contributed by atoms with Crippen molar-refractivity contribution in [1.29, 1.82) is 0 Å². The van der Waals surface area contributed by atoms with E-state index in [-0.39, 0.29) is 0 Å². The molecule has 0 spiro atoms. The van der Waals surface area contributed by atoms with E-state index in [1.54, 1.807) is 0 Å². The van der Waals surface area contributed by atoms with Crippen molar-refractivity contribution in [2.24, 2.45) is 0 Å². The highest BCUT2D eigenvalue weighted by Gasteiger charge is 2.16. The van der Waals surface area contributed by atoms with E-state index < -0.39 is 0 Å². The van der Waals surface area contributed by atoms with Gasteiger partial charge in [-0.05, 0) is 63.9 Å². The molecule has 0 atom stereocenters. The molecule has 140 valence electrons. The second-order valence-corrected chi connectivity index (χ2v) is 7.62. The summed E-state index contributed by atoms with van der Waals surface area (Å²) in [6.07, 6.45) is 9.06. The van der Waals surface area contributed by atoms with E-state index in [0.29, 0.717) is 0 Å². The molecule has 0 aliphatic carbocycles. The maximum atomic E-state index is 4.93. The van der Waals surface area contributed by atoms with Crippen molar-refractivity contribution in [2.75, 3.05) is 49.5 Å². The van der Waals surface area contributed by atoms with Crippen LogP contribution < -0.4 is 10.2 Å². The highest BCUT2D eigenvalue weighted by Crippen LogP contribution is 2.27. The zero-order valence-corrected chi connectivity index (χ0v) is 15.8. The van der Waals surface area contributed by atoms with Crippen molar-refractivity contribution < 1.29 is 0 Å². The molecule has 2 aromatic rings. The lowest BCUT2D eigenvalue weighted by Gasteiger charge is -2.23. The van der Waals surface area contributed by atoms with Gasteiger partial charge in [-0.3, -0.25) is 0 Å². The fourth-order valence-corrected chi connectivity index (χ4v) is 4.17. The Hall–Kier alpha value is -1.88. The van der Waals surface area contributed by atoms with Crippen molar-refractivity contribution in [2.45, 2.75) is 44.9 Å². The number of benzene rings is 1. The quantitative estimate of drug-likeness (QED) is 0.798. The van der Waals surface area contributed by atoms with Gasteiger partial charge < -0.3 is 15.1 Å². The van der Waals surface area contributed by atoms with Gasteiger partial charge in [-0.25, -0.2) is 4.98 Å². The number of para-hydroxylation sites is 1. The zero-order chi connectivity index (χ0) is 17.6. The third-order valence-electron chi connectivity index (χ3n) is 5.62. The van der Waals surface area contributed by atoms with Gasteiger partial charge >= 0.3 is 0 Å². The van der Waals surface area contributed by atoms with Crippen LogP contribution in [0.1, 0.15) is 44.9 Å². The van der Waals surface area contributed by atoms with Gasteiger partial charge in [0.05, 0.1) is 5.52 Å². The van der Waals surface area contributed by atoms with Crippen LogP contribution in [-0.4, -0.2) is 54.1 Å². The van der Waals surface area contributed by atoms with Gasteiger partial charge in [0.1, 0.15) is 5.82 Å². The van der Waals surface area contributed by atoms with Crippen molar-refractivity contribution in [3.8, 4) is 0 Å². The summed E-state index contributed by atoms with van der Waals surface area (Å²) in [7, 11) is 0. The summed E-state index contributed by atoms with van der Waals surface area (Å²) < 4.78 is 0. The average molecular weight is 354 g/mol. The maximum absolute atomic E-state index is 4.93. The second-order valence-electron chi connectivity index (χ2n) is 7.62. The van der Waals surface area contributed by atoms with Crippen LogP contribution in [-0.2, 0) is 0 Å². The molecule has 5 heteroatoms. The van der Waals surface area contributed by atoms with E-state index in [0.717, 1.165) is 43.3 Å². The topological polar surface area (TPSA) is 44.3 Å². The molecule has 2 fully saturated rings. The molecule has 0 saturated carbocycles. The minimum Gasteiger partial charge on any atom is -0.356 e. The molecule has 3 heterocycles. The Balaban J connectivity index is 1.47. The number of nitrogens with zero attached hydrogens (tertiary/aromatic N) is 4. The molecule has 4 rings (SSSR count). The SMILES string of the molecule is c1ccc2c(N3CCCCCC3)nc(NCCCN3CCCC3)nc2c1. The lowest BCUT2D eigenvalue weighted by Crippen LogP contribution is -2.26. The Bertz CT molecular complexity index is 703. The highest BCUT2D eigenvalue weighted by atomic mass is 15.2. The second kappa shape index (κ2) is 8.67. The molecule has 1 aromatic heterocycles. The number of likely N-dealkylation sites (tertiary alicyclic amines) is 1. The summed E-state index contributed by atoms with van der Waals surface area (Å²) in [6, 6.07) is 8.43. The van der Waals surface area contributed by atoms with Crippen LogP contribution in [0.4, 0.5) is 11.8 Å². The predicted molar refractivity (Wildman–Crippen MR) is 109 cm³/mol. The third kappa shape index (κ3) is 4.26. The molecule has 26 heavy (non-hydrogen) atoms. The fraction of sp³-hybridized carbons (Fsp3) is 0.619. The van der Waals surface area contributed by atoms with Gasteiger partial charge in [-0.15, -0.1) is 0 Å². The Morgan fingerprint density at radius 1 is 0.846 bits per heavy atom. The first-order valence-corrected chi connectivity index (χ1v) is 10.4. The fourth-order valence-electron chi connectivity index (χ4n) is 4.17. The predicted octanol–water partition coefficient (Wildman–Crippen LogP) is 3.91. The Morgan fingerprint density at radius 3 is 2.38 bits per heavy atom. The Labute approximate surface area is 156 Å². The first-order valence-electron chi connectivity index (χ1n) is 10.4. The van der Waals surface area contributed by atoms with E-state index in [4.69, 9.17) is 9.97 Å².